The fourth-order valence-corrected chi connectivity index (χ4v) is 1.15. The van der Waals surface area contributed by atoms with Crippen LogP contribution in [0.1, 0.15) is 0 Å². The second-order valence-electron chi connectivity index (χ2n) is 1.21. The summed E-state index contributed by atoms with van der Waals surface area (Å²) < 4.78 is 0. The summed E-state index contributed by atoms with van der Waals surface area (Å²) in [6.45, 7) is 0. The van der Waals surface area contributed by atoms with Crippen molar-refractivity contribution in [1.82, 2.24) is 4.98 Å². The van der Waals surface area contributed by atoms with Crippen LogP contribution in [0, 0.1) is 10.1 Å². The lowest BCUT2D eigenvalue weighted by molar-refractivity contribution is -0.380. The monoisotopic (exact) mass is 164 g/mol. The highest BCUT2D eigenvalue weighted by atomic mass is 35.5. The molecule has 0 spiro atoms. The van der Waals surface area contributed by atoms with Crippen LogP contribution in [0.15, 0.2) is 5.51 Å². The Bertz CT molecular complexity index is 235. The average molecular weight is 165 g/mol. The van der Waals surface area contributed by atoms with E-state index in [1.807, 2.05) is 0 Å². The number of hydrogen-bond donors (Lipinski definition) is 0. The van der Waals surface area contributed by atoms with E-state index < -0.39 is 4.92 Å². The molecule has 4 nitrogen and oxygen atoms in total. The van der Waals surface area contributed by atoms with Gasteiger partial charge in [-0.25, -0.2) is 4.98 Å². The molecule has 1 aromatic rings. The predicted molar refractivity (Wildman–Crippen MR) is 33.8 cm³/mol. The van der Waals surface area contributed by atoms with Gasteiger partial charge in [0.25, 0.3) is 0 Å². The summed E-state index contributed by atoms with van der Waals surface area (Å²) in [6, 6.07) is 0. The van der Waals surface area contributed by atoms with Crippen LogP contribution in [-0.4, -0.2) is 9.91 Å². The molecule has 6 heteroatoms. The van der Waals surface area contributed by atoms with Crippen LogP contribution in [0.3, 0.4) is 0 Å². The summed E-state index contributed by atoms with van der Waals surface area (Å²) in [5.74, 6) is 0. The van der Waals surface area contributed by atoms with Crippen molar-refractivity contribution < 1.29 is 4.92 Å². The number of rotatable bonds is 1. The molecule has 1 aromatic heterocycles. The summed E-state index contributed by atoms with van der Waals surface area (Å²) in [5, 5.41) is 9.84. The third-order valence-electron chi connectivity index (χ3n) is 0.673. The van der Waals surface area contributed by atoms with E-state index in [0.29, 0.717) is 0 Å². The first-order valence-electron chi connectivity index (χ1n) is 1.95. The second kappa shape index (κ2) is 2.28. The van der Waals surface area contributed by atoms with E-state index in [4.69, 9.17) is 11.6 Å². The topological polar surface area (TPSA) is 56.0 Å². The maximum absolute atomic E-state index is 9.97. The molecular formula is C3HClN2O2S. The molecule has 0 saturated carbocycles. The van der Waals surface area contributed by atoms with Crippen LogP contribution in [0.2, 0.25) is 5.15 Å². The first-order valence-corrected chi connectivity index (χ1v) is 3.21. The fraction of sp³-hybridized carbons (Fsp3) is 0. The quantitative estimate of drug-likeness (QED) is 0.469. The molecule has 48 valence electrons. The molecule has 0 amide bonds. The van der Waals surface area contributed by atoms with Gasteiger partial charge in [0.15, 0.2) is 0 Å². The number of aromatic nitrogens is 1. The molecular weight excluding hydrogens is 164 g/mol. The maximum atomic E-state index is 9.97. The smallest absolute Gasteiger partial charge is 0.257 e. The van der Waals surface area contributed by atoms with Crippen molar-refractivity contribution in [3.8, 4) is 0 Å². The Morgan fingerprint density at radius 1 is 1.89 bits per heavy atom. The maximum Gasteiger partial charge on any atom is 0.362 e. The highest BCUT2D eigenvalue weighted by Crippen LogP contribution is 2.26. The highest BCUT2D eigenvalue weighted by molar-refractivity contribution is 7.13. The van der Waals surface area contributed by atoms with E-state index in [0.717, 1.165) is 11.3 Å². The van der Waals surface area contributed by atoms with Crippen molar-refractivity contribution in [2.45, 2.75) is 0 Å². The first-order chi connectivity index (χ1) is 4.22. The van der Waals surface area contributed by atoms with E-state index in [9.17, 15) is 10.1 Å². The molecule has 0 N–H and O–H groups in total. The molecule has 0 saturated heterocycles. The molecule has 0 aliphatic heterocycles. The minimum absolute atomic E-state index is 0.0370. The average Bonchev–Trinajstić information content (AvgIpc) is 2.13. The number of hydrogen-bond acceptors (Lipinski definition) is 4. The zero-order chi connectivity index (χ0) is 6.85. The summed E-state index contributed by atoms with van der Waals surface area (Å²) in [7, 11) is 0. The third kappa shape index (κ3) is 1.17. The lowest BCUT2D eigenvalue weighted by Gasteiger charge is -1.79. The molecule has 0 aromatic carbocycles. The number of nitrogens with zero attached hydrogens (tertiary/aromatic N) is 2. The largest absolute Gasteiger partial charge is 0.362 e. The highest BCUT2D eigenvalue weighted by Gasteiger charge is 2.13. The third-order valence-corrected chi connectivity index (χ3v) is 1.84. The molecule has 0 fully saturated rings. The Morgan fingerprint density at radius 3 is 2.78 bits per heavy atom. The van der Waals surface area contributed by atoms with Crippen LogP contribution in [0.25, 0.3) is 0 Å². The van der Waals surface area contributed by atoms with Crippen molar-refractivity contribution >= 4 is 27.9 Å². The van der Waals surface area contributed by atoms with Crippen LogP contribution in [-0.2, 0) is 0 Å². The van der Waals surface area contributed by atoms with Gasteiger partial charge < -0.3 is 0 Å². The molecule has 0 bridgehead atoms. The van der Waals surface area contributed by atoms with E-state index in [1.165, 1.54) is 5.51 Å². The number of halogens is 1. The van der Waals surface area contributed by atoms with Gasteiger partial charge in [0.05, 0.1) is 10.4 Å². The van der Waals surface area contributed by atoms with Crippen molar-refractivity contribution in [2.24, 2.45) is 0 Å². The summed E-state index contributed by atoms with van der Waals surface area (Å²) in [5.41, 5.74) is 1.33. The summed E-state index contributed by atoms with van der Waals surface area (Å²) in [4.78, 5) is 12.9. The molecule has 1 rings (SSSR count). The van der Waals surface area contributed by atoms with Gasteiger partial charge >= 0.3 is 5.00 Å². The molecule has 0 unspecified atom stereocenters. The Kier molecular flexibility index (Phi) is 1.63. The molecule has 0 aliphatic rings. The number of nitro groups is 1. The van der Waals surface area contributed by atoms with Crippen molar-refractivity contribution in [2.75, 3.05) is 0 Å². The standard InChI is InChI=1S/C3HClN2O2S/c4-2-3(6(7)8)9-1-5-2/h1H. The summed E-state index contributed by atoms with van der Waals surface area (Å²) in [6.07, 6.45) is 0. The van der Waals surface area contributed by atoms with Gasteiger partial charge in [0, 0.05) is 0 Å². The van der Waals surface area contributed by atoms with Gasteiger partial charge in [-0.2, -0.15) is 0 Å². The summed E-state index contributed by atoms with van der Waals surface area (Å²) >= 11 is 6.21. The Labute approximate surface area is 59.2 Å². The van der Waals surface area contributed by atoms with Gasteiger partial charge in [-0.05, 0) is 11.3 Å². The minimum Gasteiger partial charge on any atom is -0.257 e. The SMILES string of the molecule is O=[N+]([O-])c1scnc1Cl. The predicted octanol–water partition coefficient (Wildman–Crippen LogP) is 1.70. The van der Waals surface area contributed by atoms with E-state index in [1.54, 1.807) is 0 Å². The first kappa shape index (κ1) is 6.44. The fourth-order valence-electron chi connectivity index (χ4n) is 0.345. The van der Waals surface area contributed by atoms with Gasteiger partial charge in [-0.3, -0.25) is 10.1 Å². The van der Waals surface area contributed by atoms with Gasteiger partial charge in [0.1, 0.15) is 0 Å². The van der Waals surface area contributed by atoms with E-state index in [-0.39, 0.29) is 10.2 Å². The van der Waals surface area contributed by atoms with Crippen LogP contribution < -0.4 is 0 Å². The van der Waals surface area contributed by atoms with E-state index >= 15 is 0 Å². The molecule has 0 aliphatic carbocycles. The minimum atomic E-state index is -0.556. The van der Waals surface area contributed by atoms with Gasteiger partial charge in [-0.1, -0.05) is 11.6 Å². The van der Waals surface area contributed by atoms with Crippen LogP contribution in [0.4, 0.5) is 5.00 Å². The van der Waals surface area contributed by atoms with Crippen LogP contribution in [0.5, 0.6) is 0 Å². The molecule has 0 radical (unpaired) electrons. The second-order valence-corrected chi connectivity index (χ2v) is 2.40. The lowest BCUT2D eigenvalue weighted by atomic mass is 10.9. The van der Waals surface area contributed by atoms with Crippen molar-refractivity contribution in [3.63, 3.8) is 0 Å². The van der Waals surface area contributed by atoms with Gasteiger partial charge in [0.2, 0.25) is 5.15 Å². The van der Waals surface area contributed by atoms with Crippen LogP contribution >= 0.6 is 22.9 Å². The molecule has 9 heavy (non-hydrogen) atoms. The molecule has 0 atom stereocenters. The molecule has 1 heterocycles. The van der Waals surface area contributed by atoms with Crippen molar-refractivity contribution in [1.29, 1.82) is 0 Å². The van der Waals surface area contributed by atoms with E-state index in [2.05, 4.69) is 4.98 Å². The zero-order valence-electron chi connectivity index (χ0n) is 4.07. The lowest BCUT2D eigenvalue weighted by Crippen LogP contribution is -1.82. The number of thiazole rings is 1. The van der Waals surface area contributed by atoms with Crippen molar-refractivity contribution in [3.05, 3.63) is 20.8 Å². The zero-order valence-corrected chi connectivity index (χ0v) is 5.65. The normalized spacial score (nSPS) is 9.44. The Morgan fingerprint density at radius 2 is 2.56 bits per heavy atom. The van der Waals surface area contributed by atoms with Gasteiger partial charge in [-0.15, -0.1) is 0 Å². The Balaban J connectivity index is 3.08. The Hall–Kier alpha value is -0.680.